The normalized spacial score (nSPS) is 22.6. The Labute approximate surface area is 124 Å². The fourth-order valence-corrected chi connectivity index (χ4v) is 3.02. The largest absolute Gasteiger partial charge is 0.352 e. The van der Waals surface area contributed by atoms with Gasteiger partial charge in [-0.25, -0.2) is 4.39 Å². The van der Waals surface area contributed by atoms with E-state index in [2.05, 4.69) is 12.2 Å². The van der Waals surface area contributed by atoms with Crippen LogP contribution in [0.5, 0.6) is 0 Å². The van der Waals surface area contributed by atoms with Gasteiger partial charge in [-0.3, -0.25) is 4.79 Å². The van der Waals surface area contributed by atoms with Gasteiger partial charge in [-0.15, -0.1) is 0 Å². The summed E-state index contributed by atoms with van der Waals surface area (Å²) in [5.74, 6) is 0.459. The molecule has 0 radical (unpaired) electrons. The van der Waals surface area contributed by atoms with Gasteiger partial charge in [-0.2, -0.15) is 0 Å². The molecular formula is C16H21ClFNO. The third-order valence-electron chi connectivity index (χ3n) is 4.27. The first-order chi connectivity index (χ1) is 9.60. The van der Waals surface area contributed by atoms with Gasteiger partial charge in [0, 0.05) is 11.6 Å². The summed E-state index contributed by atoms with van der Waals surface area (Å²) in [5.41, 5.74) is 0.0275. The highest BCUT2D eigenvalue weighted by Gasteiger charge is 2.21. The number of carbonyl (C=O) groups is 1. The van der Waals surface area contributed by atoms with Crippen molar-refractivity contribution in [2.75, 3.05) is 6.54 Å². The number of hydrogen-bond donors (Lipinski definition) is 1. The third kappa shape index (κ3) is 3.95. The molecule has 1 fully saturated rings. The van der Waals surface area contributed by atoms with Crippen molar-refractivity contribution in [1.29, 1.82) is 0 Å². The molecule has 1 aliphatic carbocycles. The van der Waals surface area contributed by atoms with Gasteiger partial charge >= 0.3 is 0 Å². The van der Waals surface area contributed by atoms with E-state index in [9.17, 15) is 9.18 Å². The fourth-order valence-electron chi connectivity index (χ4n) is 2.85. The number of halogens is 2. The second-order valence-corrected chi connectivity index (χ2v) is 6.07. The highest BCUT2D eigenvalue weighted by atomic mass is 35.5. The molecule has 0 heterocycles. The molecule has 0 aromatic heterocycles. The van der Waals surface area contributed by atoms with Crippen LogP contribution in [-0.2, 0) is 0 Å². The van der Waals surface area contributed by atoms with Crippen molar-refractivity contribution in [3.05, 3.63) is 34.6 Å². The molecule has 0 saturated heterocycles. The van der Waals surface area contributed by atoms with Crippen molar-refractivity contribution in [2.24, 2.45) is 11.8 Å². The van der Waals surface area contributed by atoms with E-state index in [1.165, 1.54) is 37.5 Å². The molecule has 4 heteroatoms. The maximum absolute atomic E-state index is 13.6. The summed E-state index contributed by atoms with van der Waals surface area (Å²) < 4.78 is 13.6. The van der Waals surface area contributed by atoms with Crippen LogP contribution in [0.4, 0.5) is 4.39 Å². The van der Waals surface area contributed by atoms with Crippen LogP contribution in [0.15, 0.2) is 18.2 Å². The number of nitrogens with one attached hydrogen (secondary N) is 1. The van der Waals surface area contributed by atoms with Crippen molar-refractivity contribution >= 4 is 17.5 Å². The minimum Gasteiger partial charge on any atom is -0.352 e. The maximum Gasteiger partial charge on any atom is 0.254 e. The Morgan fingerprint density at radius 2 is 1.95 bits per heavy atom. The van der Waals surface area contributed by atoms with Crippen LogP contribution in [0.2, 0.25) is 5.02 Å². The molecule has 1 amide bonds. The number of amides is 1. The monoisotopic (exact) mass is 297 g/mol. The summed E-state index contributed by atoms with van der Waals surface area (Å²) >= 11 is 5.80. The number of rotatable bonds is 4. The molecule has 1 aromatic rings. The first kappa shape index (κ1) is 15.3. The van der Waals surface area contributed by atoms with Gasteiger partial charge < -0.3 is 5.32 Å². The molecule has 2 nitrogen and oxygen atoms in total. The van der Waals surface area contributed by atoms with E-state index in [1.54, 1.807) is 0 Å². The molecule has 2 rings (SSSR count). The molecule has 0 unspecified atom stereocenters. The van der Waals surface area contributed by atoms with E-state index >= 15 is 0 Å². The molecule has 1 aliphatic rings. The second kappa shape index (κ2) is 7.07. The topological polar surface area (TPSA) is 29.1 Å². The Hall–Kier alpha value is -1.09. The Kier molecular flexibility index (Phi) is 5.41. The van der Waals surface area contributed by atoms with E-state index in [-0.39, 0.29) is 11.5 Å². The van der Waals surface area contributed by atoms with Crippen molar-refractivity contribution in [2.45, 2.75) is 39.0 Å². The predicted molar refractivity (Wildman–Crippen MR) is 79.5 cm³/mol. The highest BCUT2D eigenvalue weighted by molar-refractivity contribution is 6.30. The Morgan fingerprint density at radius 1 is 1.30 bits per heavy atom. The van der Waals surface area contributed by atoms with E-state index in [4.69, 9.17) is 11.6 Å². The summed E-state index contributed by atoms with van der Waals surface area (Å²) in [5, 5.41) is 3.21. The third-order valence-corrected chi connectivity index (χ3v) is 4.50. The van der Waals surface area contributed by atoms with E-state index in [0.717, 1.165) is 18.8 Å². The molecular weight excluding hydrogens is 277 g/mol. The van der Waals surface area contributed by atoms with E-state index in [1.807, 2.05) is 0 Å². The molecule has 20 heavy (non-hydrogen) atoms. The van der Waals surface area contributed by atoms with Crippen LogP contribution in [-0.4, -0.2) is 12.5 Å². The molecule has 110 valence electrons. The lowest BCUT2D eigenvalue weighted by Gasteiger charge is -2.27. The number of benzene rings is 1. The molecule has 1 aromatic carbocycles. The summed E-state index contributed by atoms with van der Waals surface area (Å²) in [6.07, 6.45) is 6.02. The van der Waals surface area contributed by atoms with Crippen LogP contribution in [0.25, 0.3) is 0 Å². The van der Waals surface area contributed by atoms with Crippen molar-refractivity contribution in [3.8, 4) is 0 Å². The minimum atomic E-state index is -0.526. The molecule has 0 atom stereocenters. The smallest absolute Gasteiger partial charge is 0.254 e. The summed E-state index contributed by atoms with van der Waals surface area (Å²) in [6.45, 7) is 2.86. The van der Waals surface area contributed by atoms with Crippen LogP contribution in [0.3, 0.4) is 0 Å². The molecule has 1 N–H and O–H groups in total. The lowest BCUT2D eigenvalue weighted by atomic mass is 9.81. The molecule has 0 bridgehead atoms. The number of hydrogen-bond acceptors (Lipinski definition) is 1. The van der Waals surface area contributed by atoms with Crippen molar-refractivity contribution in [3.63, 3.8) is 0 Å². The molecule has 1 saturated carbocycles. The first-order valence-electron chi connectivity index (χ1n) is 7.33. The Balaban J connectivity index is 1.85. The molecule has 0 aliphatic heterocycles. The van der Waals surface area contributed by atoms with Crippen molar-refractivity contribution < 1.29 is 9.18 Å². The standard InChI is InChI=1S/C16H21ClFNO/c1-2-11-3-5-12(6-4-11)10-19-16(20)14-9-13(17)7-8-15(14)18/h7-9,11-12H,2-6,10H2,1H3,(H,19,20). The van der Waals surface area contributed by atoms with Gasteiger partial charge in [0.2, 0.25) is 0 Å². The lowest BCUT2D eigenvalue weighted by molar-refractivity contribution is 0.0937. The van der Waals surface area contributed by atoms with Crippen molar-refractivity contribution in [1.82, 2.24) is 5.32 Å². The Bertz CT molecular complexity index is 470. The van der Waals surface area contributed by atoms with Crippen LogP contribution >= 0.6 is 11.6 Å². The minimum absolute atomic E-state index is 0.0275. The summed E-state index contributed by atoms with van der Waals surface area (Å²) in [6, 6.07) is 4.05. The predicted octanol–water partition coefficient (Wildman–Crippen LogP) is 4.43. The first-order valence-corrected chi connectivity index (χ1v) is 7.71. The fraction of sp³-hybridized carbons (Fsp3) is 0.562. The summed E-state index contributed by atoms with van der Waals surface area (Å²) in [7, 11) is 0. The van der Waals surface area contributed by atoms with Gasteiger partial charge in [-0.05, 0) is 42.9 Å². The average molecular weight is 298 g/mol. The van der Waals surface area contributed by atoms with Crippen LogP contribution < -0.4 is 5.32 Å². The number of carbonyl (C=O) groups excluding carboxylic acids is 1. The summed E-state index contributed by atoms with van der Waals surface area (Å²) in [4.78, 5) is 12.0. The zero-order valence-corrected chi connectivity index (χ0v) is 12.5. The van der Waals surface area contributed by atoms with Gasteiger partial charge in [0.15, 0.2) is 0 Å². The second-order valence-electron chi connectivity index (χ2n) is 5.63. The highest BCUT2D eigenvalue weighted by Crippen LogP contribution is 2.30. The lowest BCUT2D eigenvalue weighted by Crippen LogP contribution is -2.31. The van der Waals surface area contributed by atoms with Gasteiger partial charge in [0.1, 0.15) is 5.82 Å². The SMILES string of the molecule is CCC1CCC(CNC(=O)c2cc(Cl)ccc2F)CC1. The maximum atomic E-state index is 13.6. The molecule has 0 spiro atoms. The zero-order chi connectivity index (χ0) is 14.5. The zero-order valence-electron chi connectivity index (χ0n) is 11.8. The van der Waals surface area contributed by atoms with Gasteiger partial charge in [0.25, 0.3) is 5.91 Å². The van der Waals surface area contributed by atoms with E-state index in [0.29, 0.717) is 17.5 Å². The van der Waals surface area contributed by atoms with Gasteiger partial charge in [0.05, 0.1) is 5.56 Å². The quantitative estimate of drug-likeness (QED) is 0.875. The Morgan fingerprint density at radius 3 is 2.60 bits per heavy atom. The van der Waals surface area contributed by atoms with E-state index < -0.39 is 5.82 Å². The average Bonchev–Trinajstić information content (AvgIpc) is 2.47. The van der Waals surface area contributed by atoms with Crippen LogP contribution in [0, 0.1) is 17.7 Å². The van der Waals surface area contributed by atoms with Gasteiger partial charge in [-0.1, -0.05) is 37.8 Å². The van der Waals surface area contributed by atoms with Crippen LogP contribution in [0.1, 0.15) is 49.4 Å².